The first-order valence-corrected chi connectivity index (χ1v) is 15.0. The summed E-state index contributed by atoms with van der Waals surface area (Å²) in [6.07, 6.45) is 5.78. The topological polar surface area (TPSA) is 62.5 Å². The zero-order valence-electron chi connectivity index (χ0n) is 27.2. The van der Waals surface area contributed by atoms with Gasteiger partial charge in [-0.25, -0.2) is 4.79 Å². The summed E-state index contributed by atoms with van der Waals surface area (Å²) in [5.41, 5.74) is 3.70. The molecule has 2 heterocycles. The molecule has 0 aliphatic carbocycles. The van der Waals surface area contributed by atoms with Gasteiger partial charge in [-0.1, -0.05) is 106 Å². The number of carboxylic acid groups (broad SMARTS) is 1. The summed E-state index contributed by atoms with van der Waals surface area (Å²) < 4.78 is 2.03. The van der Waals surface area contributed by atoms with Gasteiger partial charge in [0.15, 0.2) is 5.43 Å². The number of aromatic nitrogens is 1. The number of hydrogen-bond acceptors (Lipinski definition) is 3. The molecule has 0 fully saturated rings. The standard InChI is InChI=1S/C28H38N2O3.3C2H6/c1-8-10-12-19-13-11-14-20(25(19)18(3)9-2)26-22-15-23(31)21(27(32)33)16-30(22)24(17-29(26)7)28(4,5)6;3*1-2/h11,13-16,24H,8-10,12,17H2,1-7H3,(H,32,33);3*1-2H3/b25-18?,26-20-;;;. The van der Waals surface area contributed by atoms with Gasteiger partial charge in [-0.3, -0.25) is 4.79 Å². The number of rotatable bonds is 5. The summed E-state index contributed by atoms with van der Waals surface area (Å²) in [6, 6.07) is 8.03. The molecule has 1 unspecified atom stereocenters. The number of hydrogen-bond donors (Lipinski definition) is 1. The van der Waals surface area contributed by atoms with Gasteiger partial charge in [0, 0.05) is 31.1 Å². The van der Waals surface area contributed by atoms with E-state index in [2.05, 4.69) is 71.7 Å². The maximum absolute atomic E-state index is 12.8. The molecule has 5 nitrogen and oxygen atoms in total. The Morgan fingerprint density at radius 2 is 1.64 bits per heavy atom. The SMILES string of the molecule is CC.CC.CC.CCCCc1ccc/c(=C2\c3cc(=O)c(C(=O)O)cn3C(C(C)(C)C)CN2C)c1=C(C)CC. The molecule has 2 aromatic rings. The number of benzene rings is 1. The molecule has 0 radical (unpaired) electrons. The lowest BCUT2D eigenvalue weighted by Crippen LogP contribution is -2.46. The Morgan fingerprint density at radius 3 is 2.13 bits per heavy atom. The van der Waals surface area contributed by atoms with Gasteiger partial charge in [-0.05, 0) is 42.4 Å². The molecule has 1 aromatic heterocycles. The number of nitrogens with zero attached hydrogens (tertiary/aromatic N) is 2. The molecule has 5 heteroatoms. The van der Waals surface area contributed by atoms with E-state index in [1.165, 1.54) is 22.4 Å². The number of likely N-dealkylation sites (N-methyl/N-ethyl adjacent to an activating group) is 1. The second-order valence-corrected chi connectivity index (χ2v) is 10.3. The normalized spacial score (nSPS) is 16.3. The number of aryl methyl sites for hydroxylation is 1. The molecule has 39 heavy (non-hydrogen) atoms. The monoisotopic (exact) mass is 540 g/mol. The van der Waals surface area contributed by atoms with Crippen LogP contribution in [-0.2, 0) is 6.42 Å². The highest BCUT2D eigenvalue weighted by Gasteiger charge is 2.35. The first-order chi connectivity index (χ1) is 18.5. The fraction of sp³-hybridized carbons (Fsp3) is 0.588. The van der Waals surface area contributed by atoms with Crippen molar-refractivity contribution < 1.29 is 9.90 Å². The predicted molar refractivity (Wildman–Crippen MR) is 169 cm³/mol. The molecular formula is C34H56N2O3. The van der Waals surface area contributed by atoms with Crippen LogP contribution in [0.1, 0.15) is 130 Å². The van der Waals surface area contributed by atoms with Crippen molar-refractivity contribution in [2.45, 2.75) is 115 Å². The van der Waals surface area contributed by atoms with Crippen LogP contribution in [0.3, 0.4) is 0 Å². The van der Waals surface area contributed by atoms with Gasteiger partial charge < -0.3 is 14.6 Å². The molecule has 1 atom stereocenters. The molecule has 1 aliphatic rings. The molecule has 3 rings (SSSR count). The number of fused-ring (bicyclic) bond motifs is 1. The summed E-state index contributed by atoms with van der Waals surface area (Å²) in [6.45, 7) is 25.8. The van der Waals surface area contributed by atoms with Crippen molar-refractivity contribution in [3.05, 3.63) is 67.9 Å². The second kappa shape index (κ2) is 17.0. The van der Waals surface area contributed by atoms with Crippen molar-refractivity contribution in [3.8, 4) is 0 Å². The van der Waals surface area contributed by atoms with Crippen LogP contribution in [-0.4, -0.2) is 34.1 Å². The number of carboxylic acids is 1. The summed E-state index contributed by atoms with van der Waals surface area (Å²) in [5.74, 6) is -1.18. The highest BCUT2D eigenvalue weighted by molar-refractivity contribution is 5.87. The van der Waals surface area contributed by atoms with Crippen LogP contribution < -0.4 is 15.9 Å². The lowest BCUT2D eigenvalue weighted by molar-refractivity contribution is 0.0693. The predicted octanol–water partition coefficient (Wildman–Crippen LogP) is 7.24. The first-order valence-electron chi connectivity index (χ1n) is 15.0. The van der Waals surface area contributed by atoms with Crippen LogP contribution >= 0.6 is 0 Å². The average Bonchev–Trinajstić information content (AvgIpc) is 2.93. The van der Waals surface area contributed by atoms with E-state index < -0.39 is 11.4 Å². The molecule has 1 N–H and O–H groups in total. The highest BCUT2D eigenvalue weighted by atomic mass is 16.4. The lowest BCUT2D eigenvalue weighted by atomic mass is 9.84. The van der Waals surface area contributed by atoms with E-state index in [0.29, 0.717) is 0 Å². The number of carbonyl (C=O) groups is 1. The summed E-state index contributed by atoms with van der Waals surface area (Å²) >= 11 is 0. The molecule has 0 saturated heterocycles. The van der Waals surface area contributed by atoms with E-state index in [1.54, 1.807) is 6.20 Å². The third-order valence-electron chi connectivity index (χ3n) is 6.88. The summed E-state index contributed by atoms with van der Waals surface area (Å²) in [5, 5.41) is 12.0. The van der Waals surface area contributed by atoms with Gasteiger partial charge in [0.25, 0.3) is 0 Å². The smallest absolute Gasteiger partial charge is 0.341 e. The first kappa shape index (κ1) is 36.2. The van der Waals surface area contributed by atoms with Gasteiger partial charge in [0.1, 0.15) is 5.56 Å². The van der Waals surface area contributed by atoms with Crippen molar-refractivity contribution in [1.82, 2.24) is 9.47 Å². The van der Waals surface area contributed by atoms with E-state index in [0.717, 1.165) is 48.8 Å². The van der Waals surface area contributed by atoms with Gasteiger partial charge >= 0.3 is 5.97 Å². The Balaban J connectivity index is 0.00000225. The van der Waals surface area contributed by atoms with Gasteiger partial charge in [0.2, 0.25) is 0 Å². The lowest BCUT2D eigenvalue weighted by Gasteiger charge is -2.43. The third-order valence-corrected chi connectivity index (χ3v) is 6.88. The molecule has 220 valence electrons. The maximum Gasteiger partial charge on any atom is 0.341 e. The molecule has 0 amide bonds. The minimum absolute atomic E-state index is 0.0305. The molecule has 1 aromatic carbocycles. The Hall–Kier alpha value is -2.82. The van der Waals surface area contributed by atoms with Crippen molar-refractivity contribution in [2.75, 3.05) is 13.6 Å². The van der Waals surface area contributed by atoms with Crippen molar-refractivity contribution >= 4 is 17.2 Å². The highest BCUT2D eigenvalue weighted by Crippen LogP contribution is 2.37. The Labute approximate surface area is 238 Å². The van der Waals surface area contributed by atoms with E-state index in [9.17, 15) is 14.7 Å². The van der Waals surface area contributed by atoms with E-state index in [1.807, 2.05) is 46.1 Å². The van der Waals surface area contributed by atoms with Crippen LogP contribution in [0, 0.1) is 5.41 Å². The molecular weight excluding hydrogens is 484 g/mol. The number of unbranched alkanes of at least 4 members (excludes halogenated alkanes) is 1. The van der Waals surface area contributed by atoms with Gasteiger partial charge in [0.05, 0.1) is 17.4 Å². The fourth-order valence-electron chi connectivity index (χ4n) is 4.88. The Kier molecular flexibility index (Phi) is 15.8. The van der Waals surface area contributed by atoms with Crippen LogP contribution in [0.15, 0.2) is 35.3 Å². The molecule has 0 spiro atoms. The zero-order valence-corrected chi connectivity index (χ0v) is 27.2. The average molecular weight is 541 g/mol. The fourth-order valence-corrected chi connectivity index (χ4v) is 4.88. The minimum atomic E-state index is -1.18. The van der Waals surface area contributed by atoms with Crippen molar-refractivity contribution in [2.24, 2.45) is 5.41 Å². The largest absolute Gasteiger partial charge is 0.477 e. The van der Waals surface area contributed by atoms with E-state index in [-0.39, 0.29) is 17.0 Å². The summed E-state index contributed by atoms with van der Waals surface area (Å²) in [4.78, 5) is 26.8. The van der Waals surface area contributed by atoms with E-state index in [4.69, 9.17) is 0 Å². The van der Waals surface area contributed by atoms with Gasteiger partial charge in [-0.2, -0.15) is 0 Å². The number of pyridine rings is 1. The van der Waals surface area contributed by atoms with Crippen LogP contribution in [0.25, 0.3) is 11.3 Å². The number of aromatic carboxylic acids is 1. The maximum atomic E-state index is 12.8. The Morgan fingerprint density at radius 1 is 1.05 bits per heavy atom. The quantitative estimate of drug-likeness (QED) is 0.434. The zero-order chi connectivity index (χ0) is 30.5. The van der Waals surface area contributed by atoms with Crippen LogP contribution in [0.4, 0.5) is 0 Å². The summed E-state index contributed by atoms with van der Waals surface area (Å²) in [7, 11) is 2.08. The van der Waals surface area contributed by atoms with E-state index >= 15 is 0 Å². The van der Waals surface area contributed by atoms with Crippen molar-refractivity contribution in [3.63, 3.8) is 0 Å². The molecule has 0 bridgehead atoms. The Bertz CT molecular complexity index is 1230. The third kappa shape index (κ3) is 8.58. The van der Waals surface area contributed by atoms with Gasteiger partial charge in [-0.15, -0.1) is 0 Å². The van der Waals surface area contributed by atoms with Crippen LogP contribution in [0.2, 0.25) is 0 Å². The minimum Gasteiger partial charge on any atom is -0.477 e. The van der Waals surface area contributed by atoms with Crippen molar-refractivity contribution in [1.29, 1.82) is 0 Å². The second-order valence-electron chi connectivity index (χ2n) is 10.3. The molecule has 0 saturated carbocycles. The van der Waals surface area contributed by atoms with Crippen LogP contribution in [0.5, 0.6) is 0 Å². The molecule has 1 aliphatic heterocycles.